The highest BCUT2D eigenvalue weighted by Gasteiger charge is 2.20. The average molecular weight is 303 g/mol. The molecule has 1 aromatic heterocycles. The zero-order chi connectivity index (χ0) is 15.9. The number of amides is 1. The van der Waals surface area contributed by atoms with Crippen molar-refractivity contribution in [3.8, 4) is 5.69 Å². The molecular formula is C16H21N3O3. The van der Waals surface area contributed by atoms with Gasteiger partial charge in [-0.15, -0.1) is 0 Å². The summed E-state index contributed by atoms with van der Waals surface area (Å²) in [5.41, 5.74) is 2.22. The summed E-state index contributed by atoms with van der Waals surface area (Å²) in [5.74, 6) is -0.147. The van der Waals surface area contributed by atoms with Crippen LogP contribution in [0.3, 0.4) is 0 Å². The maximum Gasteiger partial charge on any atom is 0.257 e. The Balaban J connectivity index is 2.25. The first-order valence-electron chi connectivity index (χ1n) is 7.18. The lowest BCUT2D eigenvalue weighted by atomic mass is 10.2. The van der Waals surface area contributed by atoms with E-state index in [4.69, 9.17) is 9.84 Å². The van der Waals surface area contributed by atoms with Gasteiger partial charge in [-0.25, -0.2) is 4.68 Å². The van der Waals surface area contributed by atoms with Crippen molar-refractivity contribution in [2.24, 2.45) is 0 Å². The molecule has 1 amide bonds. The lowest BCUT2D eigenvalue weighted by Crippen LogP contribution is -2.36. The minimum Gasteiger partial charge on any atom is -0.395 e. The Kier molecular flexibility index (Phi) is 5.68. The third-order valence-electron chi connectivity index (χ3n) is 3.46. The number of benzene rings is 1. The van der Waals surface area contributed by atoms with E-state index < -0.39 is 0 Å². The summed E-state index contributed by atoms with van der Waals surface area (Å²) in [5, 5.41) is 13.4. The third kappa shape index (κ3) is 3.52. The Bertz CT molecular complexity index is 610. The van der Waals surface area contributed by atoms with Crippen LogP contribution >= 0.6 is 0 Å². The first kappa shape index (κ1) is 16.2. The zero-order valence-electron chi connectivity index (χ0n) is 12.9. The van der Waals surface area contributed by atoms with Crippen LogP contribution in [0.5, 0.6) is 0 Å². The number of carbonyl (C=O) groups excluding carboxylic acids is 1. The molecule has 6 nitrogen and oxygen atoms in total. The minimum absolute atomic E-state index is 0.0820. The SMILES string of the molecule is COCCN(CCO)C(=O)c1cnn(-c2ccccc2)c1C. The summed E-state index contributed by atoms with van der Waals surface area (Å²) in [7, 11) is 1.58. The number of aliphatic hydroxyl groups is 1. The van der Waals surface area contributed by atoms with E-state index in [1.807, 2.05) is 37.3 Å². The van der Waals surface area contributed by atoms with Gasteiger partial charge in [0.15, 0.2) is 0 Å². The molecule has 0 radical (unpaired) electrons. The van der Waals surface area contributed by atoms with Crippen LogP contribution < -0.4 is 0 Å². The number of para-hydroxylation sites is 1. The highest BCUT2D eigenvalue weighted by molar-refractivity contribution is 5.95. The van der Waals surface area contributed by atoms with Gasteiger partial charge in [-0.1, -0.05) is 18.2 Å². The number of ether oxygens (including phenoxy) is 1. The molecule has 0 aliphatic heterocycles. The quantitative estimate of drug-likeness (QED) is 0.836. The number of hydrogen-bond acceptors (Lipinski definition) is 4. The van der Waals surface area contributed by atoms with Gasteiger partial charge in [0.1, 0.15) is 0 Å². The maximum absolute atomic E-state index is 12.6. The van der Waals surface area contributed by atoms with Gasteiger partial charge in [0, 0.05) is 20.2 Å². The number of methoxy groups -OCH3 is 1. The van der Waals surface area contributed by atoms with E-state index in [1.54, 1.807) is 22.9 Å². The molecule has 2 rings (SSSR count). The molecule has 1 aromatic carbocycles. The molecule has 0 aliphatic carbocycles. The molecule has 0 fully saturated rings. The Morgan fingerprint density at radius 1 is 1.32 bits per heavy atom. The van der Waals surface area contributed by atoms with Crippen molar-refractivity contribution in [3.63, 3.8) is 0 Å². The van der Waals surface area contributed by atoms with Gasteiger partial charge in [-0.2, -0.15) is 5.10 Å². The van der Waals surface area contributed by atoms with Gasteiger partial charge in [-0.3, -0.25) is 4.79 Å². The zero-order valence-corrected chi connectivity index (χ0v) is 12.9. The van der Waals surface area contributed by atoms with Crippen molar-refractivity contribution in [1.29, 1.82) is 0 Å². The fraction of sp³-hybridized carbons (Fsp3) is 0.375. The smallest absolute Gasteiger partial charge is 0.257 e. The van der Waals surface area contributed by atoms with Crippen LogP contribution in [0.1, 0.15) is 16.1 Å². The molecule has 1 N–H and O–H groups in total. The predicted octanol–water partition coefficient (Wildman–Crippen LogP) is 1.26. The molecule has 1 heterocycles. The van der Waals surface area contributed by atoms with E-state index in [9.17, 15) is 4.79 Å². The summed E-state index contributed by atoms with van der Waals surface area (Å²) in [6.45, 7) is 2.92. The summed E-state index contributed by atoms with van der Waals surface area (Å²) >= 11 is 0. The summed E-state index contributed by atoms with van der Waals surface area (Å²) in [6, 6.07) is 9.65. The van der Waals surface area contributed by atoms with Crippen LogP contribution in [0.2, 0.25) is 0 Å². The normalized spacial score (nSPS) is 10.7. The molecule has 2 aromatic rings. The van der Waals surface area contributed by atoms with Gasteiger partial charge in [0.05, 0.1) is 36.4 Å². The second-order valence-electron chi connectivity index (χ2n) is 4.90. The molecule has 22 heavy (non-hydrogen) atoms. The van der Waals surface area contributed by atoms with Crippen molar-refractivity contribution >= 4 is 5.91 Å². The number of nitrogens with zero attached hydrogens (tertiary/aromatic N) is 3. The molecule has 0 bridgehead atoms. The van der Waals surface area contributed by atoms with Crippen molar-refractivity contribution in [2.45, 2.75) is 6.92 Å². The lowest BCUT2D eigenvalue weighted by Gasteiger charge is -2.21. The number of hydrogen-bond donors (Lipinski definition) is 1. The Morgan fingerprint density at radius 3 is 2.68 bits per heavy atom. The standard InChI is InChI=1S/C16H21N3O3/c1-13-15(16(21)18(8-10-20)9-11-22-2)12-17-19(13)14-6-4-3-5-7-14/h3-7,12,20H,8-11H2,1-2H3. The number of aliphatic hydroxyl groups excluding tert-OH is 1. The van der Waals surface area contributed by atoms with Gasteiger partial charge >= 0.3 is 0 Å². The second-order valence-corrected chi connectivity index (χ2v) is 4.90. The highest BCUT2D eigenvalue weighted by atomic mass is 16.5. The van der Waals surface area contributed by atoms with Crippen LogP contribution in [-0.2, 0) is 4.74 Å². The number of rotatable bonds is 7. The number of carbonyl (C=O) groups is 1. The van der Waals surface area contributed by atoms with Gasteiger partial charge < -0.3 is 14.7 Å². The van der Waals surface area contributed by atoms with E-state index in [0.29, 0.717) is 18.7 Å². The van der Waals surface area contributed by atoms with Gasteiger partial charge in [0.2, 0.25) is 0 Å². The van der Waals surface area contributed by atoms with Crippen LogP contribution in [0, 0.1) is 6.92 Å². The van der Waals surface area contributed by atoms with Crippen LogP contribution in [-0.4, -0.2) is 59.1 Å². The predicted molar refractivity (Wildman–Crippen MR) is 83.2 cm³/mol. The fourth-order valence-electron chi connectivity index (χ4n) is 2.26. The summed E-state index contributed by atoms with van der Waals surface area (Å²) in [6.07, 6.45) is 1.57. The summed E-state index contributed by atoms with van der Waals surface area (Å²) < 4.78 is 6.75. The molecule has 118 valence electrons. The third-order valence-corrected chi connectivity index (χ3v) is 3.46. The Morgan fingerprint density at radius 2 is 2.05 bits per heavy atom. The Labute approximate surface area is 129 Å². The van der Waals surface area contributed by atoms with Crippen molar-refractivity contribution < 1.29 is 14.6 Å². The van der Waals surface area contributed by atoms with Crippen LogP contribution in [0.15, 0.2) is 36.5 Å². The van der Waals surface area contributed by atoms with Crippen LogP contribution in [0.25, 0.3) is 5.69 Å². The van der Waals surface area contributed by atoms with Crippen molar-refractivity contribution in [2.75, 3.05) is 33.4 Å². The van der Waals surface area contributed by atoms with E-state index in [2.05, 4.69) is 5.10 Å². The molecular weight excluding hydrogens is 282 g/mol. The van der Waals surface area contributed by atoms with E-state index in [1.165, 1.54) is 0 Å². The monoisotopic (exact) mass is 303 g/mol. The Hall–Kier alpha value is -2.18. The van der Waals surface area contributed by atoms with E-state index in [0.717, 1.165) is 11.4 Å². The van der Waals surface area contributed by atoms with Gasteiger partial charge in [0.25, 0.3) is 5.91 Å². The average Bonchev–Trinajstić information content (AvgIpc) is 2.93. The van der Waals surface area contributed by atoms with Crippen molar-refractivity contribution in [1.82, 2.24) is 14.7 Å². The molecule has 0 saturated heterocycles. The van der Waals surface area contributed by atoms with E-state index in [-0.39, 0.29) is 19.1 Å². The highest BCUT2D eigenvalue weighted by Crippen LogP contribution is 2.15. The van der Waals surface area contributed by atoms with E-state index >= 15 is 0 Å². The first-order chi connectivity index (χ1) is 10.7. The number of aromatic nitrogens is 2. The maximum atomic E-state index is 12.6. The fourth-order valence-corrected chi connectivity index (χ4v) is 2.26. The molecule has 0 spiro atoms. The van der Waals surface area contributed by atoms with Gasteiger partial charge in [-0.05, 0) is 19.1 Å². The first-order valence-corrected chi connectivity index (χ1v) is 7.18. The van der Waals surface area contributed by atoms with Crippen molar-refractivity contribution in [3.05, 3.63) is 47.8 Å². The molecule has 0 aliphatic rings. The molecule has 0 atom stereocenters. The van der Waals surface area contributed by atoms with Crippen LogP contribution in [0.4, 0.5) is 0 Å². The lowest BCUT2D eigenvalue weighted by molar-refractivity contribution is 0.0655. The topological polar surface area (TPSA) is 67.6 Å². The minimum atomic E-state index is -0.147. The molecule has 0 unspecified atom stereocenters. The second kappa shape index (κ2) is 7.72. The molecule has 0 saturated carbocycles. The largest absolute Gasteiger partial charge is 0.395 e. The molecule has 6 heteroatoms. The summed E-state index contributed by atoms with van der Waals surface area (Å²) in [4.78, 5) is 14.2.